The van der Waals surface area contributed by atoms with Gasteiger partial charge in [0.05, 0.1) is 11.1 Å². The molecule has 0 aliphatic carbocycles. The Morgan fingerprint density at radius 2 is 2.08 bits per heavy atom. The molecule has 3 heterocycles. The second-order valence-electron chi connectivity index (χ2n) is 5.12. The molecular weight excluding hydrogens is 342 g/mol. The number of rotatable bonds is 5. The summed E-state index contributed by atoms with van der Waals surface area (Å²) in [4.78, 5) is 22.7. The van der Waals surface area contributed by atoms with E-state index in [0.717, 1.165) is 0 Å². The molecule has 0 radical (unpaired) electrons. The molecule has 10 nitrogen and oxygen atoms in total. The van der Waals surface area contributed by atoms with Crippen molar-refractivity contribution in [1.29, 1.82) is 0 Å². The number of nitrogens with zero attached hydrogens (tertiary/aromatic N) is 4. The Bertz CT molecular complexity index is 966. The first-order chi connectivity index (χ1) is 12.7. The van der Waals surface area contributed by atoms with Gasteiger partial charge in [-0.3, -0.25) is 15.1 Å². The molecule has 0 saturated carbocycles. The minimum absolute atomic E-state index is 0.0113. The van der Waals surface area contributed by atoms with Crippen molar-refractivity contribution < 1.29 is 19.1 Å². The van der Waals surface area contributed by atoms with Gasteiger partial charge in [-0.15, -0.1) is 0 Å². The van der Waals surface area contributed by atoms with Crippen LogP contribution in [0.2, 0.25) is 0 Å². The Morgan fingerprint density at radius 1 is 1.19 bits per heavy atom. The summed E-state index contributed by atoms with van der Waals surface area (Å²) >= 11 is 0. The van der Waals surface area contributed by atoms with Crippen LogP contribution in [0.25, 0.3) is 0 Å². The zero-order valence-corrected chi connectivity index (χ0v) is 13.2. The lowest BCUT2D eigenvalue weighted by atomic mass is 10.2. The van der Waals surface area contributed by atoms with E-state index in [4.69, 9.17) is 14.2 Å². The second-order valence-corrected chi connectivity index (χ2v) is 5.12. The first-order valence-electron chi connectivity index (χ1n) is 7.44. The van der Waals surface area contributed by atoms with Crippen molar-refractivity contribution in [3.63, 3.8) is 0 Å². The number of hydrogen-bond acceptors (Lipinski definition) is 9. The molecule has 0 atom stereocenters. The molecule has 26 heavy (non-hydrogen) atoms. The van der Waals surface area contributed by atoms with Crippen LogP contribution in [0.3, 0.4) is 0 Å². The summed E-state index contributed by atoms with van der Waals surface area (Å²) in [6.07, 6.45) is 4.17. The topological polar surface area (TPSA) is 122 Å². The molecule has 3 aromatic rings. The van der Waals surface area contributed by atoms with Gasteiger partial charge in [-0.25, -0.2) is 4.98 Å². The van der Waals surface area contributed by atoms with Crippen molar-refractivity contribution in [3.05, 3.63) is 59.2 Å². The number of nitro groups is 1. The molecule has 0 bridgehead atoms. The smallest absolute Gasteiger partial charge is 0.373 e. The second kappa shape index (κ2) is 6.51. The number of aromatic nitrogens is 3. The molecule has 4 rings (SSSR count). The fourth-order valence-corrected chi connectivity index (χ4v) is 2.32. The third kappa shape index (κ3) is 3.02. The standard InChI is InChI=1S/C16H11N5O5/c22-21(23)14-15(20-10-3-4-12-13(6-10)25-9-24-12)18-8-19-16(14)26-11-2-1-5-17-7-11/h1-8H,9H2,(H,18,19,20). The van der Waals surface area contributed by atoms with E-state index >= 15 is 0 Å². The molecule has 1 aliphatic heterocycles. The van der Waals surface area contributed by atoms with Gasteiger partial charge in [-0.1, -0.05) is 0 Å². The number of ether oxygens (including phenoxy) is 3. The summed E-state index contributed by atoms with van der Waals surface area (Å²) in [5.74, 6) is 1.26. The summed E-state index contributed by atoms with van der Waals surface area (Å²) in [7, 11) is 0. The lowest BCUT2D eigenvalue weighted by Gasteiger charge is -2.09. The van der Waals surface area contributed by atoms with Gasteiger partial charge in [-0.2, -0.15) is 4.98 Å². The van der Waals surface area contributed by atoms with Crippen LogP contribution in [-0.2, 0) is 0 Å². The van der Waals surface area contributed by atoms with Crippen molar-refractivity contribution in [2.45, 2.75) is 0 Å². The maximum atomic E-state index is 11.6. The van der Waals surface area contributed by atoms with Crippen LogP contribution in [0.15, 0.2) is 49.1 Å². The van der Waals surface area contributed by atoms with E-state index in [9.17, 15) is 10.1 Å². The first kappa shape index (κ1) is 15.6. The van der Waals surface area contributed by atoms with Crippen LogP contribution in [0.4, 0.5) is 17.2 Å². The number of anilines is 2. The lowest BCUT2D eigenvalue weighted by molar-refractivity contribution is -0.385. The molecule has 0 amide bonds. The average Bonchev–Trinajstić information content (AvgIpc) is 3.10. The largest absolute Gasteiger partial charge is 0.454 e. The molecule has 0 unspecified atom stereocenters. The Morgan fingerprint density at radius 3 is 2.88 bits per heavy atom. The van der Waals surface area contributed by atoms with Gasteiger partial charge in [0.15, 0.2) is 11.5 Å². The normalized spacial score (nSPS) is 11.8. The summed E-state index contributed by atoms with van der Waals surface area (Å²) in [6.45, 7) is 0.134. The van der Waals surface area contributed by atoms with Gasteiger partial charge in [0, 0.05) is 18.0 Å². The fraction of sp³-hybridized carbons (Fsp3) is 0.0625. The monoisotopic (exact) mass is 353 g/mol. The van der Waals surface area contributed by atoms with Crippen molar-refractivity contribution in [2.24, 2.45) is 0 Å². The number of benzene rings is 1. The predicted octanol–water partition coefficient (Wildman–Crippen LogP) is 3.04. The Labute approximate surface area is 146 Å². The van der Waals surface area contributed by atoms with Gasteiger partial charge < -0.3 is 19.5 Å². The molecule has 2 aromatic heterocycles. The molecular formula is C16H11N5O5. The van der Waals surface area contributed by atoms with E-state index in [1.807, 2.05) is 0 Å². The van der Waals surface area contributed by atoms with Crippen molar-refractivity contribution in [2.75, 3.05) is 12.1 Å². The van der Waals surface area contributed by atoms with Gasteiger partial charge in [0.2, 0.25) is 12.6 Å². The average molecular weight is 353 g/mol. The molecule has 0 fully saturated rings. The minimum Gasteiger partial charge on any atom is -0.454 e. The zero-order valence-electron chi connectivity index (χ0n) is 13.2. The van der Waals surface area contributed by atoms with Crippen molar-refractivity contribution in [1.82, 2.24) is 15.0 Å². The predicted molar refractivity (Wildman–Crippen MR) is 88.8 cm³/mol. The Kier molecular flexibility index (Phi) is 3.90. The van der Waals surface area contributed by atoms with Gasteiger partial charge in [0.25, 0.3) is 0 Å². The summed E-state index contributed by atoms with van der Waals surface area (Å²) in [5.41, 5.74) is 0.150. The van der Waals surface area contributed by atoms with Crippen LogP contribution in [-0.4, -0.2) is 26.7 Å². The number of fused-ring (bicyclic) bond motifs is 1. The van der Waals surface area contributed by atoms with Gasteiger partial charge in [0.1, 0.15) is 12.1 Å². The van der Waals surface area contributed by atoms with Crippen molar-refractivity contribution in [3.8, 4) is 23.1 Å². The third-order valence-electron chi connectivity index (χ3n) is 3.46. The highest BCUT2D eigenvalue weighted by Crippen LogP contribution is 2.38. The minimum atomic E-state index is -0.610. The van der Waals surface area contributed by atoms with Crippen LogP contribution in [0.5, 0.6) is 23.1 Å². The lowest BCUT2D eigenvalue weighted by Crippen LogP contribution is -2.03. The molecule has 10 heteroatoms. The van der Waals surface area contributed by atoms with Gasteiger partial charge in [-0.05, 0) is 24.3 Å². The Balaban J connectivity index is 1.67. The van der Waals surface area contributed by atoms with Crippen LogP contribution in [0.1, 0.15) is 0 Å². The van der Waals surface area contributed by atoms with E-state index < -0.39 is 10.6 Å². The molecule has 0 saturated heterocycles. The maximum Gasteiger partial charge on any atom is 0.373 e. The highest BCUT2D eigenvalue weighted by Gasteiger charge is 2.26. The zero-order chi connectivity index (χ0) is 17.9. The molecule has 1 aromatic carbocycles. The SMILES string of the molecule is O=[N+]([O-])c1c(Nc2ccc3c(c2)OCO3)ncnc1Oc1cccnc1. The molecule has 1 N–H and O–H groups in total. The van der Waals surface area contributed by atoms with Crippen LogP contribution >= 0.6 is 0 Å². The van der Waals surface area contributed by atoms with Crippen LogP contribution in [0, 0.1) is 10.1 Å². The molecule has 1 aliphatic rings. The summed E-state index contributed by atoms with van der Waals surface area (Å²) in [5, 5.41) is 14.4. The van der Waals surface area contributed by atoms with E-state index in [1.165, 1.54) is 12.5 Å². The number of hydrogen-bond donors (Lipinski definition) is 1. The van der Waals surface area contributed by atoms with E-state index in [-0.39, 0.29) is 18.5 Å². The number of nitrogens with one attached hydrogen (secondary N) is 1. The van der Waals surface area contributed by atoms with E-state index in [2.05, 4.69) is 20.3 Å². The highest BCUT2D eigenvalue weighted by molar-refractivity contribution is 5.70. The summed E-state index contributed by atoms with van der Waals surface area (Å²) in [6, 6.07) is 8.32. The molecule has 130 valence electrons. The Hall–Kier alpha value is -3.95. The van der Waals surface area contributed by atoms with E-state index in [0.29, 0.717) is 22.9 Å². The summed E-state index contributed by atoms with van der Waals surface area (Å²) < 4.78 is 16.0. The third-order valence-corrected chi connectivity index (χ3v) is 3.46. The van der Waals surface area contributed by atoms with Crippen LogP contribution < -0.4 is 19.5 Å². The highest BCUT2D eigenvalue weighted by atomic mass is 16.7. The fourth-order valence-electron chi connectivity index (χ4n) is 2.32. The van der Waals surface area contributed by atoms with Crippen molar-refractivity contribution >= 4 is 17.2 Å². The van der Waals surface area contributed by atoms with Gasteiger partial charge >= 0.3 is 11.6 Å². The first-order valence-corrected chi connectivity index (χ1v) is 7.44. The maximum absolute atomic E-state index is 11.6. The quantitative estimate of drug-likeness (QED) is 0.544. The number of pyridine rings is 1. The molecule has 0 spiro atoms. The van der Waals surface area contributed by atoms with E-state index in [1.54, 1.807) is 36.5 Å².